The van der Waals surface area contributed by atoms with Gasteiger partial charge in [-0.3, -0.25) is 4.79 Å². The summed E-state index contributed by atoms with van der Waals surface area (Å²) in [6.07, 6.45) is 0. The minimum absolute atomic E-state index is 0.133. The molecule has 1 aromatic heterocycles. The summed E-state index contributed by atoms with van der Waals surface area (Å²) < 4.78 is 28.2. The van der Waals surface area contributed by atoms with Gasteiger partial charge >= 0.3 is 0 Å². The molecule has 0 spiro atoms. The zero-order valence-electron chi connectivity index (χ0n) is 11.0. The maximum absolute atomic E-state index is 12.1. The molecule has 0 aliphatic carbocycles. The first kappa shape index (κ1) is 14.3. The van der Waals surface area contributed by atoms with Gasteiger partial charge in [-0.05, 0) is 32.0 Å². The molecule has 2 rings (SSSR count). The van der Waals surface area contributed by atoms with Crippen LogP contribution >= 0.6 is 0 Å². The zero-order valence-corrected chi connectivity index (χ0v) is 11.8. The largest absolute Gasteiger partial charge is 0.466 e. The van der Waals surface area contributed by atoms with Gasteiger partial charge in [0.05, 0.1) is 11.3 Å². The number of carbonyl (C=O) groups excluding carboxylic acids is 1. The van der Waals surface area contributed by atoms with E-state index in [9.17, 15) is 13.2 Å². The molecule has 0 aliphatic heterocycles. The van der Waals surface area contributed by atoms with Crippen LogP contribution in [0.5, 0.6) is 0 Å². The fourth-order valence-corrected chi connectivity index (χ4v) is 2.56. The Morgan fingerprint density at radius 2 is 1.90 bits per heavy atom. The van der Waals surface area contributed by atoms with E-state index in [1.54, 1.807) is 26.0 Å². The number of sulfonamides is 1. The molecule has 1 amide bonds. The zero-order chi connectivity index (χ0) is 14.9. The van der Waals surface area contributed by atoms with Gasteiger partial charge in [-0.1, -0.05) is 12.1 Å². The van der Waals surface area contributed by atoms with Gasteiger partial charge in [-0.2, -0.15) is 0 Å². The molecule has 0 aliphatic rings. The van der Waals surface area contributed by atoms with Crippen molar-refractivity contribution in [2.75, 3.05) is 5.32 Å². The normalized spacial score (nSPS) is 11.3. The number of amides is 1. The number of furan rings is 1. The SMILES string of the molecule is Cc1cc(C(=O)Nc2ccccc2S(N)(=O)=O)c(C)o1. The van der Waals surface area contributed by atoms with Crippen LogP contribution in [0, 0.1) is 13.8 Å². The highest BCUT2D eigenvalue weighted by Gasteiger charge is 2.18. The van der Waals surface area contributed by atoms with E-state index in [2.05, 4.69) is 5.32 Å². The number of para-hydroxylation sites is 1. The monoisotopic (exact) mass is 294 g/mol. The highest BCUT2D eigenvalue weighted by atomic mass is 32.2. The standard InChI is InChI=1S/C13H14N2O4S/c1-8-7-10(9(2)19-8)13(16)15-11-5-3-4-6-12(11)20(14,17)18/h3-7H,1-2H3,(H,15,16)(H2,14,17,18). The molecule has 2 aromatic rings. The van der Waals surface area contributed by atoms with Crippen molar-refractivity contribution in [1.29, 1.82) is 0 Å². The molecule has 0 unspecified atom stereocenters. The van der Waals surface area contributed by atoms with Crippen molar-refractivity contribution in [3.05, 3.63) is 47.4 Å². The molecule has 0 atom stereocenters. The van der Waals surface area contributed by atoms with E-state index in [1.165, 1.54) is 18.2 Å². The summed E-state index contributed by atoms with van der Waals surface area (Å²) in [5.74, 6) is 0.621. The molecule has 0 saturated heterocycles. The fraction of sp³-hybridized carbons (Fsp3) is 0.154. The van der Waals surface area contributed by atoms with E-state index in [0.29, 0.717) is 17.1 Å². The summed E-state index contributed by atoms with van der Waals surface area (Å²) in [7, 11) is -3.90. The Labute approximate surface area is 116 Å². The topological polar surface area (TPSA) is 102 Å². The third-order valence-corrected chi connectivity index (χ3v) is 3.70. The van der Waals surface area contributed by atoms with Crippen molar-refractivity contribution in [3.63, 3.8) is 0 Å². The van der Waals surface area contributed by atoms with Crippen LogP contribution in [-0.4, -0.2) is 14.3 Å². The number of hydrogen-bond donors (Lipinski definition) is 2. The number of nitrogens with one attached hydrogen (secondary N) is 1. The van der Waals surface area contributed by atoms with Crippen molar-refractivity contribution in [1.82, 2.24) is 0 Å². The molecule has 7 heteroatoms. The lowest BCUT2D eigenvalue weighted by Gasteiger charge is -2.08. The molecule has 106 valence electrons. The lowest BCUT2D eigenvalue weighted by molar-refractivity contribution is 0.102. The Hall–Kier alpha value is -2.12. The highest BCUT2D eigenvalue weighted by molar-refractivity contribution is 7.89. The van der Waals surface area contributed by atoms with Crippen LogP contribution in [0.15, 0.2) is 39.6 Å². The quantitative estimate of drug-likeness (QED) is 0.900. The number of primary sulfonamides is 1. The Kier molecular flexibility index (Phi) is 3.65. The predicted molar refractivity (Wildman–Crippen MR) is 74.0 cm³/mol. The maximum Gasteiger partial charge on any atom is 0.259 e. The molecule has 0 saturated carbocycles. The van der Waals surface area contributed by atoms with E-state index < -0.39 is 15.9 Å². The van der Waals surface area contributed by atoms with E-state index in [0.717, 1.165) is 0 Å². The third kappa shape index (κ3) is 2.89. The van der Waals surface area contributed by atoms with Crippen molar-refractivity contribution in [2.24, 2.45) is 5.14 Å². The van der Waals surface area contributed by atoms with E-state index >= 15 is 0 Å². The first-order valence-corrected chi connectivity index (χ1v) is 7.34. The predicted octanol–water partition coefficient (Wildman–Crippen LogP) is 1.80. The smallest absolute Gasteiger partial charge is 0.259 e. The van der Waals surface area contributed by atoms with Gasteiger partial charge in [0.25, 0.3) is 5.91 Å². The minimum atomic E-state index is -3.90. The number of hydrogen-bond acceptors (Lipinski definition) is 4. The molecule has 1 heterocycles. The van der Waals surface area contributed by atoms with Crippen LogP contribution in [-0.2, 0) is 10.0 Å². The maximum atomic E-state index is 12.1. The van der Waals surface area contributed by atoms with Crippen LogP contribution < -0.4 is 10.5 Å². The number of benzene rings is 1. The Morgan fingerprint density at radius 3 is 2.45 bits per heavy atom. The van der Waals surface area contributed by atoms with E-state index in [1.807, 2.05) is 0 Å². The van der Waals surface area contributed by atoms with Crippen LogP contribution in [0.25, 0.3) is 0 Å². The Balaban J connectivity index is 2.36. The van der Waals surface area contributed by atoms with Crippen molar-refractivity contribution in [3.8, 4) is 0 Å². The van der Waals surface area contributed by atoms with Crippen molar-refractivity contribution in [2.45, 2.75) is 18.7 Å². The number of carbonyl (C=O) groups is 1. The summed E-state index contributed by atoms with van der Waals surface area (Å²) in [5, 5.41) is 7.64. The lowest BCUT2D eigenvalue weighted by atomic mass is 10.2. The van der Waals surface area contributed by atoms with Gasteiger partial charge in [0.2, 0.25) is 10.0 Å². The average molecular weight is 294 g/mol. The molecule has 6 nitrogen and oxygen atoms in total. The van der Waals surface area contributed by atoms with Gasteiger partial charge in [0.15, 0.2) is 0 Å². The van der Waals surface area contributed by atoms with Gasteiger partial charge in [-0.25, -0.2) is 13.6 Å². The minimum Gasteiger partial charge on any atom is -0.466 e. The number of anilines is 1. The second kappa shape index (κ2) is 5.10. The molecule has 0 bridgehead atoms. The first-order chi connectivity index (χ1) is 9.29. The molecule has 1 aromatic carbocycles. The Bertz CT molecular complexity index is 762. The van der Waals surface area contributed by atoms with Gasteiger partial charge in [0.1, 0.15) is 16.4 Å². The summed E-state index contributed by atoms with van der Waals surface area (Å²) in [6, 6.07) is 7.53. The first-order valence-electron chi connectivity index (χ1n) is 5.79. The molecular formula is C13H14N2O4S. The third-order valence-electron chi connectivity index (χ3n) is 2.73. The van der Waals surface area contributed by atoms with Gasteiger partial charge < -0.3 is 9.73 Å². The van der Waals surface area contributed by atoms with E-state index in [4.69, 9.17) is 9.56 Å². The van der Waals surface area contributed by atoms with Gasteiger partial charge in [0, 0.05) is 0 Å². The summed E-state index contributed by atoms with van der Waals surface area (Å²) in [5.41, 5.74) is 0.491. The second-order valence-electron chi connectivity index (χ2n) is 4.32. The summed E-state index contributed by atoms with van der Waals surface area (Å²) >= 11 is 0. The number of nitrogens with two attached hydrogens (primary N) is 1. The molecule has 3 N–H and O–H groups in total. The molecule has 0 fully saturated rings. The van der Waals surface area contributed by atoms with Gasteiger partial charge in [-0.15, -0.1) is 0 Å². The Morgan fingerprint density at radius 1 is 1.25 bits per heavy atom. The molecular weight excluding hydrogens is 280 g/mol. The average Bonchev–Trinajstić information content (AvgIpc) is 2.68. The summed E-state index contributed by atoms with van der Waals surface area (Å²) in [6.45, 7) is 3.38. The van der Waals surface area contributed by atoms with Crippen LogP contribution in [0.3, 0.4) is 0 Å². The van der Waals surface area contributed by atoms with Crippen LogP contribution in [0.1, 0.15) is 21.9 Å². The molecule has 20 heavy (non-hydrogen) atoms. The van der Waals surface area contributed by atoms with Crippen LogP contribution in [0.4, 0.5) is 5.69 Å². The number of aryl methyl sites for hydroxylation is 2. The number of rotatable bonds is 3. The van der Waals surface area contributed by atoms with Crippen LogP contribution in [0.2, 0.25) is 0 Å². The molecule has 0 radical (unpaired) electrons. The van der Waals surface area contributed by atoms with E-state index in [-0.39, 0.29) is 10.6 Å². The lowest BCUT2D eigenvalue weighted by Crippen LogP contribution is -2.18. The van der Waals surface area contributed by atoms with Crippen molar-refractivity contribution >= 4 is 21.6 Å². The fourth-order valence-electron chi connectivity index (χ4n) is 1.86. The van der Waals surface area contributed by atoms with Crippen molar-refractivity contribution < 1.29 is 17.6 Å². The highest BCUT2D eigenvalue weighted by Crippen LogP contribution is 2.21. The second-order valence-corrected chi connectivity index (χ2v) is 5.85. The summed E-state index contributed by atoms with van der Waals surface area (Å²) in [4.78, 5) is 12.0.